The topological polar surface area (TPSA) is 0 Å². The molecule has 0 aliphatic carbocycles. The van der Waals surface area contributed by atoms with Crippen LogP contribution >= 0.6 is 22.7 Å². The third kappa shape index (κ3) is 2.11. The van der Waals surface area contributed by atoms with Gasteiger partial charge in [-0.2, -0.15) is 0 Å². The van der Waals surface area contributed by atoms with Gasteiger partial charge < -0.3 is 0 Å². The summed E-state index contributed by atoms with van der Waals surface area (Å²) in [5.74, 6) is 0. The fraction of sp³-hybridized carbons (Fsp3) is 0. The summed E-state index contributed by atoms with van der Waals surface area (Å²) in [7, 11) is 0. The van der Waals surface area contributed by atoms with Gasteiger partial charge >= 0.3 is 0 Å². The third-order valence-corrected chi connectivity index (χ3v) is 6.70. The van der Waals surface area contributed by atoms with Crippen LogP contribution in [0.2, 0.25) is 0 Å². The Morgan fingerprint density at radius 3 is 2.04 bits per heavy atom. The molecule has 3 aromatic carbocycles. The maximum absolute atomic E-state index is 2.25. The van der Waals surface area contributed by atoms with Crippen LogP contribution in [0.15, 0.2) is 84.2 Å². The number of hydrogen-bond donors (Lipinski definition) is 0. The van der Waals surface area contributed by atoms with Crippen molar-refractivity contribution >= 4 is 44.2 Å². The fourth-order valence-corrected chi connectivity index (χ4v) is 5.49. The van der Waals surface area contributed by atoms with Gasteiger partial charge in [-0.3, -0.25) is 0 Å². The molecule has 5 rings (SSSR count). The average molecular weight is 342 g/mol. The summed E-state index contributed by atoms with van der Waals surface area (Å²) in [6, 6.07) is 28.4. The van der Waals surface area contributed by atoms with Gasteiger partial charge in [0, 0.05) is 26.1 Å². The Morgan fingerprint density at radius 2 is 1.25 bits per heavy atom. The molecular formula is C22H14S2. The summed E-state index contributed by atoms with van der Waals surface area (Å²) < 4.78 is 0. The summed E-state index contributed by atoms with van der Waals surface area (Å²) in [4.78, 5) is 4.09. The molecule has 0 saturated carbocycles. The number of rotatable bonds is 2. The number of thiophene rings is 2. The lowest BCUT2D eigenvalue weighted by atomic mass is 10.0. The molecule has 0 N–H and O–H groups in total. The Labute approximate surface area is 148 Å². The van der Waals surface area contributed by atoms with E-state index in [9.17, 15) is 0 Å². The molecule has 0 saturated heterocycles. The van der Waals surface area contributed by atoms with Crippen LogP contribution < -0.4 is 0 Å². The van der Waals surface area contributed by atoms with Crippen LogP contribution in [-0.4, -0.2) is 0 Å². The minimum atomic E-state index is 1.30. The highest BCUT2D eigenvalue weighted by molar-refractivity contribution is 7.25. The van der Waals surface area contributed by atoms with Crippen LogP contribution in [0.4, 0.5) is 0 Å². The predicted molar refractivity (Wildman–Crippen MR) is 108 cm³/mol. The summed E-state index contributed by atoms with van der Waals surface area (Å²) >= 11 is 3.72. The summed E-state index contributed by atoms with van der Waals surface area (Å²) in [6.07, 6.45) is 0. The van der Waals surface area contributed by atoms with Gasteiger partial charge in [-0.25, -0.2) is 0 Å². The van der Waals surface area contributed by atoms with E-state index in [2.05, 4.69) is 84.2 Å². The number of hydrogen-bond acceptors (Lipinski definition) is 2. The van der Waals surface area contributed by atoms with Crippen molar-refractivity contribution < 1.29 is 0 Å². The highest BCUT2D eigenvalue weighted by Crippen LogP contribution is 2.46. The van der Waals surface area contributed by atoms with Crippen molar-refractivity contribution in [2.24, 2.45) is 0 Å². The van der Waals surface area contributed by atoms with Crippen molar-refractivity contribution in [3.63, 3.8) is 0 Å². The molecule has 24 heavy (non-hydrogen) atoms. The lowest BCUT2D eigenvalue weighted by molar-refractivity contribution is 1.74. The van der Waals surface area contributed by atoms with E-state index < -0.39 is 0 Å². The van der Waals surface area contributed by atoms with E-state index in [0.717, 1.165) is 0 Å². The SMILES string of the molecule is c1csc(-c2sc(-c3cccc4ccccc34)c3ccccc23)c1. The van der Waals surface area contributed by atoms with E-state index in [1.807, 2.05) is 22.7 Å². The van der Waals surface area contributed by atoms with Gasteiger partial charge in [-0.05, 0) is 22.2 Å². The first-order valence-corrected chi connectivity index (χ1v) is 9.65. The van der Waals surface area contributed by atoms with Crippen LogP contribution in [0.5, 0.6) is 0 Å². The van der Waals surface area contributed by atoms with Crippen LogP contribution in [0.3, 0.4) is 0 Å². The largest absolute Gasteiger partial charge is 0.143 e. The van der Waals surface area contributed by atoms with Gasteiger partial charge in [0.15, 0.2) is 0 Å². The van der Waals surface area contributed by atoms with Gasteiger partial charge in [0.2, 0.25) is 0 Å². The van der Waals surface area contributed by atoms with E-state index in [4.69, 9.17) is 0 Å². The third-order valence-electron chi connectivity index (χ3n) is 4.40. The number of fused-ring (bicyclic) bond motifs is 2. The van der Waals surface area contributed by atoms with E-state index >= 15 is 0 Å². The minimum absolute atomic E-state index is 1.30. The molecule has 0 atom stereocenters. The van der Waals surface area contributed by atoms with Crippen molar-refractivity contribution in [3.8, 4) is 20.2 Å². The zero-order valence-corrected chi connectivity index (χ0v) is 14.5. The Morgan fingerprint density at radius 1 is 0.542 bits per heavy atom. The molecule has 0 nitrogen and oxygen atoms in total. The first-order chi connectivity index (χ1) is 11.9. The highest BCUT2D eigenvalue weighted by atomic mass is 32.1. The molecule has 5 aromatic rings. The second-order valence-corrected chi connectivity index (χ2v) is 7.78. The Balaban J connectivity index is 1.87. The second kappa shape index (κ2) is 5.59. The highest BCUT2D eigenvalue weighted by Gasteiger charge is 2.15. The van der Waals surface area contributed by atoms with Crippen molar-refractivity contribution in [1.82, 2.24) is 0 Å². The summed E-state index contributed by atoms with van der Waals surface area (Å²) in [5.41, 5.74) is 1.33. The van der Waals surface area contributed by atoms with E-state index in [1.165, 1.54) is 41.7 Å². The molecule has 0 unspecified atom stereocenters. The zero-order chi connectivity index (χ0) is 15.9. The fourth-order valence-electron chi connectivity index (χ4n) is 3.31. The first kappa shape index (κ1) is 14.0. The number of benzene rings is 3. The van der Waals surface area contributed by atoms with Gasteiger partial charge in [-0.1, -0.05) is 72.8 Å². The zero-order valence-electron chi connectivity index (χ0n) is 12.9. The van der Waals surface area contributed by atoms with E-state index in [0.29, 0.717) is 0 Å². The molecule has 2 aromatic heterocycles. The van der Waals surface area contributed by atoms with Gasteiger partial charge in [0.1, 0.15) is 0 Å². The maximum atomic E-state index is 2.25. The van der Waals surface area contributed by atoms with Crippen LogP contribution in [0.1, 0.15) is 0 Å². The lowest BCUT2D eigenvalue weighted by Crippen LogP contribution is -1.78. The van der Waals surface area contributed by atoms with Crippen molar-refractivity contribution in [2.45, 2.75) is 0 Å². The van der Waals surface area contributed by atoms with Crippen LogP contribution in [-0.2, 0) is 0 Å². The van der Waals surface area contributed by atoms with Gasteiger partial charge in [0.05, 0.1) is 4.88 Å². The van der Waals surface area contributed by atoms with Gasteiger partial charge in [0.25, 0.3) is 0 Å². The molecule has 0 fully saturated rings. The monoisotopic (exact) mass is 342 g/mol. The maximum Gasteiger partial charge on any atom is 0.0527 e. The van der Waals surface area contributed by atoms with Crippen molar-refractivity contribution in [1.29, 1.82) is 0 Å². The first-order valence-electron chi connectivity index (χ1n) is 7.95. The molecule has 0 aliphatic heterocycles. The Kier molecular flexibility index (Phi) is 3.25. The normalized spacial score (nSPS) is 11.3. The van der Waals surface area contributed by atoms with Crippen LogP contribution in [0, 0.1) is 0 Å². The Hall–Kier alpha value is -2.42. The molecule has 2 heterocycles. The standard InChI is InChI=1S/C22H14S2/c1-2-9-16-15(7-1)8-5-12-17(16)21-18-10-3-4-11-19(18)22(24-21)20-13-6-14-23-20/h1-14H. The minimum Gasteiger partial charge on any atom is -0.143 e. The molecule has 0 amide bonds. The molecule has 0 aliphatic rings. The quantitative estimate of drug-likeness (QED) is 0.312. The predicted octanol–water partition coefficient (Wildman–Crippen LogP) is 7.45. The lowest BCUT2D eigenvalue weighted by Gasteiger charge is -2.05. The molecular weight excluding hydrogens is 328 g/mol. The molecule has 0 spiro atoms. The molecule has 114 valence electrons. The smallest absolute Gasteiger partial charge is 0.0527 e. The van der Waals surface area contributed by atoms with Crippen LogP contribution in [0.25, 0.3) is 41.7 Å². The Bertz CT molecular complexity index is 1140. The molecule has 0 bridgehead atoms. The average Bonchev–Trinajstić information content (AvgIpc) is 3.29. The van der Waals surface area contributed by atoms with E-state index in [-0.39, 0.29) is 0 Å². The summed E-state index contributed by atoms with van der Waals surface area (Å²) in [5, 5.41) is 7.48. The molecule has 0 radical (unpaired) electrons. The van der Waals surface area contributed by atoms with Crippen molar-refractivity contribution in [3.05, 3.63) is 84.2 Å². The van der Waals surface area contributed by atoms with Gasteiger partial charge in [-0.15, -0.1) is 22.7 Å². The van der Waals surface area contributed by atoms with Crippen molar-refractivity contribution in [2.75, 3.05) is 0 Å². The van der Waals surface area contributed by atoms with E-state index in [1.54, 1.807) is 0 Å². The molecule has 2 heteroatoms. The second-order valence-electron chi connectivity index (χ2n) is 5.81. The summed E-state index contributed by atoms with van der Waals surface area (Å²) in [6.45, 7) is 0.